The molecule has 0 radical (unpaired) electrons. The van der Waals surface area contributed by atoms with Gasteiger partial charge in [-0.3, -0.25) is 0 Å². The van der Waals surface area contributed by atoms with Crippen LogP contribution in [0.1, 0.15) is 27.8 Å². The second-order valence-corrected chi connectivity index (χ2v) is 19.1. The number of fused-ring (bicyclic) bond motifs is 6. The molecule has 0 saturated carbocycles. The third-order valence-corrected chi connectivity index (χ3v) is 14.9. The second kappa shape index (κ2) is 18.9. The van der Waals surface area contributed by atoms with Gasteiger partial charge in [-0.2, -0.15) is 0 Å². The van der Waals surface area contributed by atoms with Gasteiger partial charge in [-0.25, -0.2) is 22.0 Å². The summed E-state index contributed by atoms with van der Waals surface area (Å²) >= 11 is 0. The van der Waals surface area contributed by atoms with E-state index in [0.29, 0.717) is 39.4 Å². The van der Waals surface area contributed by atoms with Gasteiger partial charge in [0.25, 0.3) is 0 Å². The summed E-state index contributed by atoms with van der Waals surface area (Å²) in [5.74, 6) is -9.25. The number of rotatable bonds is 11. The van der Waals surface area contributed by atoms with E-state index in [4.69, 9.17) is 4.74 Å². The van der Waals surface area contributed by atoms with Crippen molar-refractivity contribution in [3.05, 3.63) is 306 Å². The lowest BCUT2D eigenvalue weighted by atomic mass is 9.67. The highest BCUT2D eigenvalue weighted by Crippen LogP contribution is 2.59. The summed E-state index contributed by atoms with van der Waals surface area (Å²) in [6, 6.07) is 77.9. The molecule has 0 spiro atoms. The van der Waals surface area contributed by atoms with Crippen LogP contribution >= 0.6 is 0 Å². The Bertz CT molecular complexity index is 4210. The molecule has 1 aliphatic rings. The van der Waals surface area contributed by atoms with Crippen LogP contribution in [-0.4, -0.2) is 4.57 Å². The number of benzene rings is 11. The topological polar surface area (TPSA) is 17.4 Å². The lowest BCUT2D eigenvalue weighted by Gasteiger charge is -2.35. The largest absolute Gasteiger partial charge is 0.457 e. The molecule has 370 valence electrons. The number of anilines is 3. The first kappa shape index (κ1) is 47.0. The Morgan fingerprint density at radius 2 is 0.909 bits per heavy atom. The van der Waals surface area contributed by atoms with E-state index >= 15 is 22.0 Å². The second-order valence-electron chi connectivity index (χ2n) is 19.1. The lowest BCUT2D eigenvalue weighted by Crippen LogP contribution is -2.32. The highest BCUT2D eigenvalue weighted by molar-refractivity contribution is 6.10. The van der Waals surface area contributed by atoms with E-state index in [-0.39, 0.29) is 5.56 Å². The smallest absolute Gasteiger partial charge is 0.200 e. The molecule has 0 bridgehead atoms. The fraction of sp³-hybridized carbons (Fsp3) is 0.0145. The van der Waals surface area contributed by atoms with Crippen LogP contribution < -0.4 is 9.64 Å². The summed E-state index contributed by atoms with van der Waals surface area (Å²) in [4.78, 5) is 2.04. The van der Waals surface area contributed by atoms with Crippen molar-refractivity contribution in [1.29, 1.82) is 0 Å². The Morgan fingerprint density at radius 1 is 0.403 bits per heavy atom. The average Bonchev–Trinajstić information content (AvgIpc) is 4.21. The minimum atomic E-state index is -2.24. The summed E-state index contributed by atoms with van der Waals surface area (Å²) in [5, 5.41) is 2.25. The van der Waals surface area contributed by atoms with Crippen molar-refractivity contribution in [2.45, 2.75) is 5.41 Å². The molecule has 0 N–H and O–H groups in total. The maximum atomic E-state index is 17.0. The van der Waals surface area contributed by atoms with Crippen LogP contribution in [0.4, 0.5) is 39.0 Å². The molecule has 1 unspecified atom stereocenters. The number of para-hydroxylation sites is 2. The highest BCUT2D eigenvalue weighted by Gasteiger charge is 2.51. The van der Waals surface area contributed by atoms with E-state index in [1.807, 2.05) is 126 Å². The van der Waals surface area contributed by atoms with Crippen molar-refractivity contribution < 1.29 is 26.7 Å². The van der Waals surface area contributed by atoms with E-state index in [9.17, 15) is 0 Å². The van der Waals surface area contributed by atoms with Crippen molar-refractivity contribution in [1.82, 2.24) is 4.57 Å². The summed E-state index contributed by atoms with van der Waals surface area (Å²) in [5.41, 5.74) is 9.26. The molecular weight excluding hydrogens is 968 g/mol. The molecule has 0 saturated heterocycles. The van der Waals surface area contributed by atoms with Gasteiger partial charge in [-0.15, -0.1) is 0 Å². The molecule has 12 aromatic rings. The zero-order chi connectivity index (χ0) is 52.4. The summed E-state index contributed by atoms with van der Waals surface area (Å²) in [7, 11) is 0. The van der Waals surface area contributed by atoms with Gasteiger partial charge in [0, 0.05) is 39.1 Å². The van der Waals surface area contributed by atoms with Gasteiger partial charge in [0.2, 0.25) is 5.82 Å². The van der Waals surface area contributed by atoms with E-state index in [2.05, 4.69) is 77.9 Å². The van der Waals surface area contributed by atoms with Gasteiger partial charge >= 0.3 is 0 Å². The van der Waals surface area contributed by atoms with Crippen LogP contribution in [0.3, 0.4) is 0 Å². The lowest BCUT2D eigenvalue weighted by molar-refractivity contribution is 0.363. The zero-order valence-electron chi connectivity index (χ0n) is 41.1. The van der Waals surface area contributed by atoms with Gasteiger partial charge < -0.3 is 14.2 Å². The number of ether oxygens (including phenoxy) is 1. The van der Waals surface area contributed by atoms with E-state index in [1.165, 1.54) is 0 Å². The Hall–Kier alpha value is -9.79. The standard InChI is InChI=1S/C69H43F5N2O/c1-2-43-21-35-53(36-22-43)77-54-37-28-48(29-38-54)69(63-64(70)66(72)68(74)67(73)65(63)71)59-19-11-9-17-55(59)56-39-34-52(42-60(56)69)75(50-30-23-45(24-31-50)44-13-5-3-6-14-44)51-32-25-46(26-33-51)47-27-40-62-58(41-47)57-18-10-12-20-61(57)76(62)49-15-7-4-8-16-49/h2-42H,1H2. The molecule has 11 aromatic carbocycles. The fourth-order valence-electron chi connectivity index (χ4n) is 11.3. The Balaban J connectivity index is 0.985. The quantitative estimate of drug-likeness (QED) is 0.0730. The summed E-state index contributed by atoms with van der Waals surface area (Å²) in [6.45, 7) is 3.81. The van der Waals surface area contributed by atoms with Crippen molar-refractivity contribution in [2.75, 3.05) is 4.90 Å². The van der Waals surface area contributed by atoms with Crippen molar-refractivity contribution in [3.8, 4) is 50.6 Å². The molecule has 1 aromatic heterocycles. The van der Waals surface area contributed by atoms with Crippen LogP contribution in [0, 0.1) is 29.1 Å². The summed E-state index contributed by atoms with van der Waals surface area (Å²) < 4.78 is 89.4. The molecule has 13 rings (SSSR count). The van der Waals surface area contributed by atoms with Crippen LogP contribution in [-0.2, 0) is 5.41 Å². The third-order valence-electron chi connectivity index (χ3n) is 14.9. The molecular formula is C69H43F5N2O. The SMILES string of the molecule is C=Cc1ccc(Oc2ccc(C3(c4c(F)c(F)c(F)c(F)c4F)c4ccccc4-c4ccc(N(c5ccc(-c6ccccc6)cc5)c5ccc(-c6ccc7c(c6)c6ccccc6n7-c6ccccc6)cc5)cc43)cc2)cc1. The molecule has 1 aliphatic carbocycles. The van der Waals surface area contributed by atoms with E-state index < -0.39 is 40.1 Å². The van der Waals surface area contributed by atoms with Gasteiger partial charge in [-0.1, -0.05) is 164 Å². The molecule has 0 aliphatic heterocycles. The molecule has 3 nitrogen and oxygen atoms in total. The third kappa shape index (κ3) is 7.71. The first-order valence-corrected chi connectivity index (χ1v) is 25.1. The zero-order valence-corrected chi connectivity index (χ0v) is 41.1. The normalized spacial score (nSPS) is 13.6. The summed E-state index contributed by atoms with van der Waals surface area (Å²) in [6.07, 6.45) is 1.71. The Kier molecular flexibility index (Phi) is 11.5. The monoisotopic (exact) mass is 1010 g/mol. The maximum Gasteiger partial charge on any atom is 0.200 e. The van der Waals surface area contributed by atoms with E-state index in [1.54, 1.807) is 60.7 Å². The minimum Gasteiger partial charge on any atom is -0.457 e. The van der Waals surface area contributed by atoms with Crippen molar-refractivity contribution in [3.63, 3.8) is 0 Å². The Morgan fingerprint density at radius 3 is 1.57 bits per heavy atom. The molecule has 0 amide bonds. The number of hydrogen-bond donors (Lipinski definition) is 0. The average molecular weight is 1010 g/mol. The Labute approximate surface area is 441 Å². The number of nitrogens with zero attached hydrogens (tertiary/aromatic N) is 2. The fourth-order valence-corrected chi connectivity index (χ4v) is 11.3. The van der Waals surface area contributed by atoms with Crippen LogP contribution in [0.15, 0.2) is 249 Å². The molecule has 0 fully saturated rings. The number of halogens is 5. The first-order chi connectivity index (χ1) is 37.7. The molecule has 1 atom stereocenters. The molecule has 77 heavy (non-hydrogen) atoms. The maximum absolute atomic E-state index is 17.0. The van der Waals surface area contributed by atoms with Crippen LogP contribution in [0.5, 0.6) is 11.5 Å². The number of aromatic nitrogens is 1. The predicted octanol–water partition coefficient (Wildman–Crippen LogP) is 19.1. The van der Waals surface area contributed by atoms with Crippen molar-refractivity contribution in [2.24, 2.45) is 0 Å². The van der Waals surface area contributed by atoms with Gasteiger partial charge in [0.1, 0.15) is 11.5 Å². The van der Waals surface area contributed by atoms with Gasteiger partial charge in [-0.05, 0) is 147 Å². The molecule has 1 heterocycles. The predicted molar refractivity (Wildman–Crippen MR) is 300 cm³/mol. The van der Waals surface area contributed by atoms with Crippen LogP contribution in [0.25, 0.3) is 66.9 Å². The van der Waals surface area contributed by atoms with Crippen LogP contribution in [0.2, 0.25) is 0 Å². The van der Waals surface area contributed by atoms with Crippen molar-refractivity contribution >= 4 is 44.9 Å². The number of hydrogen-bond acceptors (Lipinski definition) is 2. The van der Waals surface area contributed by atoms with E-state index in [0.717, 1.165) is 66.7 Å². The highest BCUT2D eigenvalue weighted by atomic mass is 19.2. The first-order valence-electron chi connectivity index (χ1n) is 25.1. The molecule has 8 heteroatoms. The van der Waals surface area contributed by atoms with Gasteiger partial charge in [0.15, 0.2) is 23.3 Å². The minimum absolute atomic E-state index is 0.255. The van der Waals surface area contributed by atoms with Gasteiger partial charge in [0.05, 0.1) is 16.4 Å².